The lowest BCUT2D eigenvalue weighted by atomic mass is 10.1. The van der Waals surface area contributed by atoms with Crippen LogP contribution in [0.4, 0.5) is 10.5 Å². The van der Waals surface area contributed by atoms with Crippen LogP contribution in [0.25, 0.3) is 17.4 Å². The maximum Gasteiger partial charge on any atom is 0.329 e. The maximum absolute atomic E-state index is 12.7. The first-order chi connectivity index (χ1) is 15.8. The molecule has 8 nitrogen and oxygen atoms in total. The standard InChI is InChI=1S/C25H21N3O5/c1-15-4-3-5-19(12-15)26-23(30)14-28-24(31)21(27-25(28)32)13-20-10-11-22(33-20)18-8-6-17(7-9-18)16(2)29/h3-13H,14H2,1-2H3,(H,26,30)(H,27,32)/b21-13+. The van der Waals surface area contributed by atoms with Crippen LogP contribution in [0.15, 0.2) is 70.8 Å². The molecule has 2 aromatic carbocycles. The number of imide groups is 1. The summed E-state index contributed by atoms with van der Waals surface area (Å²) in [6, 6.07) is 16.9. The largest absolute Gasteiger partial charge is 0.457 e. The molecule has 166 valence electrons. The monoisotopic (exact) mass is 443 g/mol. The lowest BCUT2D eigenvalue weighted by Crippen LogP contribution is -2.38. The molecular formula is C25H21N3O5. The number of rotatable bonds is 6. The van der Waals surface area contributed by atoms with Crippen molar-refractivity contribution in [1.29, 1.82) is 0 Å². The second-order valence-electron chi connectivity index (χ2n) is 7.63. The minimum absolute atomic E-state index is 0.0104. The van der Waals surface area contributed by atoms with Gasteiger partial charge in [0.05, 0.1) is 0 Å². The number of furan rings is 1. The molecule has 0 unspecified atom stereocenters. The molecule has 1 saturated heterocycles. The fourth-order valence-corrected chi connectivity index (χ4v) is 3.38. The van der Waals surface area contributed by atoms with E-state index in [-0.39, 0.29) is 11.5 Å². The number of carbonyl (C=O) groups is 4. The van der Waals surface area contributed by atoms with Gasteiger partial charge in [-0.3, -0.25) is 14.4 Å². The first-order valence-electron chi connectivity index (χ1n) is 10.2. The summed E-state index contributed by atoms with van der Waals surface area (Å²) in [5.41, 5.74) is 2.93. The van der Waals surface area contributed by atoms with Crippen LogP contribution in [-0.4, -0.2) is 35.1 Å². The summed E-state index contributed by atoms with van der Waals surface area (Å²) in [5, 5.41) is 5.15. The highest BCUT2D eigenvalue weighted by molar-refractivity contribution is 6.15. The molecule has 0 saturated carbocycles. The fraction of sp³-hybridized carbons (Fsp3) is 0.120. The molecule has 1 aliphatic rings. The first kappa shape index (κ1) is 21.8. The van der Waals surface area contributed by atoms with E-state index in [0.717, 1.165) is 16.0 Å². The average Bonchev–Trinajstić information content (AvgIpc) is 3.34. The summed E-state index contributed by atoms with van der Waals surface area (Å²) in [4.78, 5) is 49.5. The van der Waals surface area contributed by atoms with Crippen LogP contribution in [0.3, 0.4) is 0 Å². The van der Waals surface area contributed by atoms with Crippen molar-refractivity contribution in [2.45, 2.75) is 13.8 Å². The smallest absolute Gasteiger partial charge is 0.329 e. The van der Waals surface area contributed by atoms with E-state index in [1.54, 1.807) is 54.6 Å². The van der Waals surface area contributed by atoms with E-state index in [0.29, 0.717) is 22.8 Å². The van der Waals surface area contributed by atoms with E-state index < -0.39 is 24.4 Å². The molecule has 0 radical (unpaired) electrons. The Bertz CT molecular complexity index is 1290. The summed E-state index contributed by atoms with van der Waals surface area (Å²) in [6.07, 6.45) is 1.41. The van der Waals surface area contributed by atoms with E-state index >= 15 is 0 Å². The van der Waals surface area contributed by atoms with Gasteiger partial charge in [0.25, 0.3) is 5.91 Å². The van der Waals surface area contributed by atoms with Crippen LogP contribution in [0.2, 0.25) is 0 Å². The predicted molar refractivity (Wildman–Crippen MR) is 122 cm³/mol. The van der Waals surface area contributed by atoms with E-state index in [4.69, 9.17) is 4.42 Å². The zero-order chi connectivity index (χ0) is 23.5. The van der Waals surface area contributed by atoms with E-state index in [1.165, 1.54) is 13.0 Å². The van der Waals surface area contributed by atoms with Gasteiger partial charge in [0, 0.05) is 22.9 Å². The molecule has 0 spiro atoms. The third-order valence-electron chi connectivity index (χ3n) is 5.06. The molecular weight excluding hydrogens is 422 g/mol. The Morgan fingerprint density at radius 2 is 1.82 bits per heavy atom. The number of carbonyl (C=O) groups excluding carboxylic acids is 4. The number of aryl methyl sites for hydroxylation is 1. The SMILES string of the molecule is CC(=O)c1ccc(-c2ccc(/C=C3/NC(=O)N(CC(=O)Nc4cccc(C)c4)C3=O)o2)cc1. The highest BCUT2D eigenvalue weighted by Crippen LogP contribution is 2.24. The van der Waals surface area contributed by atoms with Gasteiger partial charge in [0.15, 0.2) is 5.78 Å². The molecule has 2 heterocycles. The maximum atomic E-state index is 12.7. The minimum Gasteiger partial charge on any atom is -0.457 e. The van der Waals surface area contributed by atoms with Crippen LogP contribution in [-0.2, 0) is 9.59 Å². The minimum atomic E-state index is -0.683. The number of nitrogens with one attached hydrogen (secondary N) is 2. The zero-order valence-electron chi connectivity index (χ0n) is 18.0. The molecule has 0 aliphatic carbocycles. The van der Waals surface area contributed by atoms with Gasteiger partial charge in [-0.05, 0) is 43.7 Å². The molecule has 4 amide bonds. The fourth-order valence-electron chi connectivity index (χ4n) is 3.38. The quantitative estimate of drug-likeness (QED) is 0.340. The number of benzene rings is 2. The Morgan fingerprint density at radius 1 is 1.06 bits per heavy atom. The first-order valence-corrected chi connectivity index (χ1v) is 10.2. The third-order valence-corrected chi connectivity index (χ3v) is 5.06. The normalized spacial score (nSPS) is 14.5. The van der Waals surface area contributed by atoms with Gasteiger partial charge in [-0.1, -0.05) is 36.4 Å². The van der Waals surface area contributed by atoms with Crippen molar-refractivity contribution >= 4 is 35.4 Å². The zero-order valence-corrected chi connectivity index (χ0v) is 18.0. The van der Waals surface area contributed by atoms with Gasteiger partial charge in [-0.2, -0.15) is 0 Å². The lowest BCUT2D eigenvalue weighted by Gasteiger charge is -2.12. The van der Waals surface area contributed by atoms with Crippen LogP contribution in [0.1, 0.15) is 28.6 Å². The molecule has 0 bridgehead atoms. The Kier molecular flexibility index (Phi) is 5.91. The van der Waals surface area contributed by atoms with E-state index in [9.17, 15) is 19.2 Å². The molecule has 2 N–H and O–H groups in total. The van der Waals surface area contributed by atoms with Crippen molar-refractivity contribution in [2.24, 2.45) is 0 Å². The van der Waals surface area contributed by atoms with Gasteiger partial charge >= 0.3 is 6.03 Å². The summed E-state index contributed by atoms with van der Waals surface area (Å²) >= 11 is 0. The second kappa shape index (κ2) is 8.96. The van der Waals surface area contributed by atoms with Gasteiger partial charge in [-0.15, -0.1) is 0 Å². The number of ketones is 1. The molecule has 1 aromatic heterocycles. The number of hydrogen-bond acceptors (Lipinski definition) is 5. The van der Waals surface area contributed by atoms with Gasteiger partial charge in [0.1, 0.15) is 23.8 Å². The second-order valence-corrected chi connectivity index (χ2v) is 7.63. The molecule has 4 rings (SSSR count). The molecule has 0 atom stereocenters. The topological polar surface area (TPSA) is 109 Å². The average molecular weight is 443 g/mol. The van der Waals surface area contributed by atoms with Crippen molar-refractivity contribution in [3.8, 4) is 11.3 Å². The summed E-state index contributed by atoms with van der Waals surface area (Å²) in [7, 11) is 0. The number of Topliss-reactive ketones (excluding diaryl/α,β-unsaturated/α-hetero) is 1. The molecule has 3 aromatic rings. The number of hydrogen-bond donors (Lipinski definition) is 2. The van der Waals surface area contributed by atoms with Crippen LogP contribution in [0.5, 0.6) is 0 Å². The summed E-state index contributed by atoms with van der Waals surface area (Å²) in [5.74, 6) is -0.236. The van der Waals surface area contributed by atoms with Crippen molar-refractivity contribution in [3.63, 3.8) is 0 Å². The van der Waals surface area contributed by atoms with Crippen molar-refractivity contribution in [1.82, 2.24) is 10.2 Å². The molecule has 8 heteroatoms. The number of anilines is 1. The Morgan fingerprint density at radius 3 is 2.52 bits per heavy atom. The Balaban J connectivity index is 1.44. The molecule has 1 aliphatic heterocycles. The van der Waals surface area contributed by atoms with Crippen LogP contribution < -0.4 is 10.6 Å². The highest BCUT2D eigenvalue weighted by Gasteiger charge is 2.35. The van der Waals surface area contributed by atoms with Crippen molar-refractivity contribution in [3.05, 3.63) is 83.2 Å². The number of nitrogens with zero attached hydrogens (tertiary/aromatic N) is 1. The van der Waals surface area contributed by atoms with Crippen LogP contribution in [0, 0.1) is 6.92 Å². The van der Waals surface area contributed by atoms with E-state index in [2.05, 4.69) is 10.6 Å². The molecule has 1 fully saturated rings. The Labute approximate surface area is 189 Å². The molecule has 33 heavy (non-hydrogen) atoms. The van der Waals surface area contributed by atoms with Gasteiger partial charge in [0.2, 0.25) is 5.91 Å². The van der Waals surface area contributed by atoms with E-state index in [1.807, 2.05) is 13.0 Å². The Hall–Kier alpha value is -4.46. The number of amides is 4. The third kappa shape index (κ3) is 4.90. The highest BCUT2D eigenvalue weighted by atomic mass is 16.3. The summed E-state index contributed by atoms with van der Waals surface area (Å²) in [6.45, 7) is 2.97. The van der Waals surface area contributed by atoms with Crippen molar-refractivity contribution < 1.29 is 23.6 Å². The lowest BCUT2D eigenvalue weighted by molar-refractivity contribution is -0.127. The summed E-state index contributed by atoms with van der Waals surface area (Å²) < 4.78 is 5.76. The van der Waals surface area contributed by atoms with Crippen molar-refractivity contribution in [2.75, 3.05) is 11.9 Å². The van der Waals surface area contributed by atoms with Crippen LogP contribution >= 0.6 is 0 Å². The van der Waals surface area contributed by atoms with Gasteiger partial charge < -0.3 is 15.1 Å². The van der Waals surface area contributed by atoms with Gasteiger partial charge in [-0.25, -0.2) is 9.69 Å². The predicted octanol–water partition coefficient (Wildman–Crippen LogP) is 3.99. The number of urea groups is 1.